The van der Waals surface area contributed by atoms with E-state index in [0.29, 0.717) is 37.2 Å². The van der Waals surface area contributed by atoms with E-state index >= 15 is 0 Å². The molecule has 0 unspecified atom stereocenters. The van der Waals surface area contributed by atoms with E-state index in [0.717, 1.165) is 5.56 Å². The van der Waals surface area contributed by atoms with Gasteiger partial charge in [0.05, 0.1) is 6.54 Å². The van der Waals surface area contributed by atoms with Crippen LogP contribution in [0.1, 0.15) is 11.8 Å². The van der Waals surface area contributed by atoms with Crippen LogP contribution in [0.3, 0.4) is 0 Å². The van der Waals surface area contributed by atoms with Crippen LogP contribution in [0, 0.1) is 0 Å². The van der Waals surface area contributed by atoms with Crippen LogP contribution in [-0.4, -0.2) is 26.9 Å². The van der Waals surface area contributed by atoms with E-state index < -0.39 is 0 Å². The predicted octanol–water partition coefficient (Wildman–Crippen LogP) is 1.45. The quantitative estimate of drug-likeness (QED) is 0.678. The Balaban J connectivity index is 1.50. The smallest absolute Gasteiger partial charge is 0.247 e. The Kier molecular flexibility index (Phi) is 3.79. The zero-order chi connectivity index (χ0) is 13.6. The highest BCUT2D eigenvalue weighted by molar-refractivity contribution is 5.51. The summed E-state index contributed by atoms with van der Waals surface area (Å²) in [5, 5.41) is 14.7. The Morgan fingerprint density at radius 2 is 1.95 bits per heavy atom. The van der Waals surface area contributed by atoms with E-state index in [1.54, 1.807) is 0 Å². The molecule has 3 aromatic rings. The Morgan fingerprint density at radius 1 is 1.05 bits per heavy atom. The lowest BCUT2D eigenvalue weighted by Gasteiger charge is -1.98. The van der Waals surface area contributed by atoms with Crippen molar-refractivity contribution in [1.29, 1.82) is 0 Å². The molecule has 0 fully saturated rings. The lowest BCUT2D eigenvalue weighted by molar-refractivity contribution is 0.373. The molecule has 3 rings (SSSR count). The van der Waals surface area contributed by atoms with E-state index in [9.17, 15) is 0 Å². The number of nitrogens with one attached hydrogen (secondary N) is 1. The molecule has 0 aliphatic carbocycles. The first kappa shape index (κ1) is 12.5. The van der Waals surface area contributed by atoms with Crippen molar-refractivity contribution in [3.8, 4) is 11.5 Å². The minimum atomic E-state index is 0.508. The molecular weight excluding hydrogens is 258 g/mol. The van der Waals surface area contributed by atoms with Gasteiger partial charge in [0.1, 0.15) is 0 Å². The number of rotatable bonds is 6. The van der Waals surface area contributed by atoms with Gasteiger partial charge >= 0.3 is 0 Å². The molecule has 0 amide bonds. The molecule has 0 spiro atoms. The van der Waals surface area contributed by atoms with Gasteiger partial charge in [-0.25, -0.2) is 0 Å². The second-order valence-corrected chi connectivity index (χ2v) is 4.13. The van der Waals surface area contributed by atoms with Gasteiger partial charge in [-0.3, -0.25) is 0 Å². The molecule has 0 aliphatic rings. The van der Waals surface area contributed by atoms with Gasteiger partial charge in [0.2, 0.25) is 17.7 Å². The van der Waals surface area contributed by atoms with E-state index in [1.807, 2.05) is 30.3 Å². The summed E-state index contributed by atoms with van der Waals surface area (Å²) in [5.41, 5.74) is 0.914. The highest BCUT2D eigenvalue weighted by Crippen LogP contribution is 2.16. The summed E-state index contributed by atoms with van der Waals surface area (Å²) < 4.78 is 10.5. The van der Waals surface area contributed by atoms with Gasteiger partial charge in [-0.1, -0.05) is 23.4 Å². The van der Waals surface area contributed by atoms with Crippen LogP contribution >= 0.6 is 0 Å². The molecule has 0 aliphatic heterocycles. The van der Waals surface area contributed by atoms with Gasteiger partial charge in [0.15, 0.2) is 6.33 Å². The fraction of sp³-hybridized carbons (Fsp3) is 0.231. The molecule has 20 heavy (non-hydrogen) atoms. The molecule has 7 heteroatoms. The molecule has 1 N–H and O–H groups in total. The van der Waals surface area contributed by atoms with E-state index in [-0.39, 0.29) is 0 Å². The van der Waals surface area contributed by atoms with Crippen LogP contribution in [0.4, 0.5) is 0 Å². The Hall–Kier alpha value is -2.54. The van der Waals surface area contributed by atoms with Crippen molar-refractivity contribution >= 4 is 0 Å². The van der Waals surface area contributed by atoms with E-state index in [2.05, 4.69) is 25.7 Å². The van der Waals surface area contributed by atoms with Crippen LogP contribution in [0.25, 0.3) is 11.5 Å². The molecule has 102 valence electrons. The van der Waals surface area contributed by atoms with Crippen molar-refractivity contribution in [2.75, 3.05) is 6.54 Å². The largest absolute Gasteiger partial charge is 0.419 e. The van der Waals surface area contributed by atoms with Crippen LogP contribution < -0.4 is 5.32 Å². The average molecular weight is 271 g/mol. The molecule has 2 aromatic heterocycles. The average Bonchev–Trinajstić information content (AvgIpc) is 3.16. The highest BCUT2D eigenvalue weighted by Gasteiger charge is 2.07. The summed E-state index contributed by atoms with van der Waals surface area (Å²) >= 11 is 0. The molecule has 0 radical (unpaired) electrons. The lowest BCUT2D eigenvalue weighted by Crippen LogP contribution is -2.17. The molecule has 0 saturated heterocycles. The van der Waals surface area contributed by atoms with Gasteiger partial charge < -0.3 is 14.3 Å². The normalized spacial score (nSPS) is 10.8. The first-order chi connectivity index (χ1) is 9.92. The summed E-state index contributed by atoms with van der Waals surface area (Å²) in [7, 11) is 0. The summed E-state index contributed by atoms with van der Waals surface area (Å²) in [6, 6.07) is 9.67. The maximum Gasteiger partial charge on any atom is 0.247 e. The summed E-state index contributed by atoms with van der Waals surface area (Å²) in [6.07, 6.45) is 2.05. The molecule has 7 nitrogen and oxygen atoms in total. The number of hydrogen-bond acceptors (Lipinski definition) is 7. The monoisotopic (exact) mass is 271 g/mol. The van der Waals surface area contributed by atoms with Crippen LogP contribution in [0.2, 0.25) is 0 Å². The highest BCUT2D eigenvalue weighted by atomic mass is 16.5. The second kappa shape index (κ2) is 6.07. The maximum absolute atomic E-state index is 5.57. The summed E-state index contributed by atoms with van der Waals surface area (Å²) in [6.45, 7) is 1.21. The number of aromatic nitrogens is 4. The molecule has 1 aromatic carbocycles. The summed E-state index contributed by atoms with van der Waals surface area (Å²) in [4.78, 5) is 3.94. The zero-order valence-corrected chi connectivity index (χ0v) is 10.7. The molecular formula is C13H13N5O2. The topological polar surface area (TPSA) is 89.9 Å². The summed E-state index contributed by atoms with van der Waals surface area (Å²) in [5.74, 6) is 1.68. The standard InChI is InChI=1S/C13H13N5O2/c1-2-4-10(5-3-1)13-18-17-12(19-13)8-14-7-6-11-15-9-16-20-11/h1-5,9,14H,6-8H2. The van der Waals surface area contributed by atoms with E-state index in [1.165, 1.54) is 6.33 Å². The minimum absolute atomic E-state index is 0.508. The lowest BCUT2D eigenvalue weighted by atomic mass is 10.2. The van der Waals surface area contributed by atoms with Crippen LogP contribution in [0.5, 0.6) is 0 Å². The van der Waals surface area contributed by atoms with Crippen molar-refractivity contribution in [1.82, 2.24) is 25.7 Å². The number of hydrogen-bond donors (Lipinski definition) is 1. The fourth-order valence-electron chi connectivity index (χ4n) is 1.72. The number of nitrogens with zero attached hydrogens (tertiary/aromatic N) is 4. The van der Waals surface area contributed by atoms with E-state index in [4.69, 9.17) is 8.94 Å². The first-order valence-electron chi connectivity index (χ1n) is 6.26. The van der Waals surface area contributed by atoms with Crippen LogP contribution in [0.15, 0.2) is 45.6 Å². The molecule has 0 saturated carbocycles. The molecule has 0 bridgehead atoms. The van der Waals surface area contributed by atoms with Crippen molar-refractivity contribution in [2.45, 2.75) is 13.0 Å². The Labute approximate surface area is 115 Å². The zero-order valence-electron chi connectivity index (χ0n) is 10.7. The Bertz CT molecular complexity index is 636. The van der Waals surface area contributed by atoms with Crippen LogP contribution in [-0.2, 0) is 13.0 Å². The van der Waals surface area contributed by atoms with Crippen molar-refractivity contribution in [2.24, 2.45) is 0 Å². The predicted molar refractivity (Wildman–Crippen MR) is 69.4 cm³/mol. The van der Waals surface area contributed by atoms with Gasteiger partial charge in [-0.2, -0.15) is 4.98 Å². The third kappa shape index (κ3) is 3.07. The Morgan fingerprint density at radius 3 is 2.75 bits per heavy atom. The van der Waals surface area contributed by atoms with Crippen molar-refractivity contribution in [3.05, 3.63) is 48.4 Å². The second-order valence-electron chi connectivity index (χ2n) is 4.13. The third-order valence-electron chi connectivity index (χ3n) is 2.69. The van der Waals surface area contributed by atoms with Crippen molar-refractivity contribution < 1.29 is 8.94 Å². The fourth-order valence-corrected chi connectivity index (χ4v) is 1.72. The van der Waals surface area contributed by atoms with Gasteiger partial charge in [-0.15, -0.1) is 10.2 Å². The van der Waals surface area contributed by atoms with Crippen molar-refractivity contribution in [3.63, 3.8) is 0 Å². The van der Waals surface area contributed by atoms with Gasteiger partial charge in [-0.05, 0) is 12.1 Å². The minimum Gasteiger partial charge on any atom is -0.419 e. The number of benzene rings is 1. The van der Waals surface area contributed by atoms with Gasteiger partial charge in [0.25, 0.3) is 0 Å². The molecule has 0 atom stereocenters. The van der Waals surface area contributed by atoms with Gasteiger partial charge in [0, 0.05) is 18.5 Å². The third-order valence-corrected chi connectivity index (χ3v) is 2.69. The SMILES string of the molecule is c1ccc(-c2nnc(CNCCc3ncno3)o2)cc1. The maximum atomic E-state index is 5.57. The first-order valence-corrected chi connectivity index (χ1v) is 6.26. The molecule has 2 heterocycles.